The fourth-order valence-corrected chi connectivity index (χ4v) is 2.86. The number of likely N-dealkylation sites (tertiary alicyclic amines) is 1. The smallest absolute Gasteiger partial charge is 0.324 e. The first-order valence-corrected chi connectivity index (χ1v) is 7.35. The van der Waals surface area contributed by atoms with Gasteiger partial charge in [-0.15, -0.1) is 0 Å². The summed E-state index contributed by atoms with van der Waals surface area (Å²) in [6, 6.07) is 8.87. The lowest BCUT2D eigenvalue weighted by Crippen LogP contribution is -2.48. The summed E-state index contributed by atoms with van der Waals surface area (Å²) in [5, 5.41) is 5.14. The molecule has 2 aliphatic heterocycles. The molecule has 0 radical (unpaired) electrons. The highest BCUT2D eigenvalue weighted by Crippen LogP contribution is 2.19. The minimum Gasteiger partial charge on any atom is -0.324 e. The maximum absolute atomic E-state index is 12.2. The maximum atomic E-state index is 12.2. The summed E-state index contributed by atoms with van der Waals surface area (Å²) >= 11 is 0. The number of urea groups is 2. The van der Waals surface area contributed by atoms with E-state index in [4.69, 9.17) is 0 Å². The van der Waals surface area contributed by atoms with Crippen LogP contribution in [-0.4, -0.2) is 53.4 Å². The number of hydrogen-bond donors (Lipinski definition) is 2. The summed E-state index contributed by atoms with van der Waals surface area (Å²) < 4.78 is 0. The minimum atomic E-state index is -0.322. The molecular weight excluding hydrogens is 284 g/mol. The summed E-state index contributed by atoms with van der Waals surface area (Å²) in [5.41, 5.74) is 0.763. The fourth-order valence-electron chi connectivity index (χ4n) is 2.86. The molecule has 2 fully saturated rings. The number of nitrogens with zero attached hydrogens (tertiary/aromatic N) is 2. The molecule has 5 amide bonds. The molecule has 22 heavy (non-hydrogen) atoms. The lowest BCUT2D eigenvalue weighted by molar-refractivity contribution is -0.118. The van der Waals surface area contributed by atoms with Crippen LogP contribution in [0.5, 0.6) is 0 Å². The SMILES string of the molecule is O=C1CN(C2CCN(C(=O)Nc3ccccc3)CC2)C(=O)N1. The van der Waals surface area contributed by atoms with Crippen LogP contribution in [0.1, 0.15) is 12.8 Å². The van der Waals surface area contributed by atoms with E-state index in [0.717, 1.165) is 5.69 Å². The van der Waals surface area contributed by atoms with Gasteiger partial charge in [0.25, 0.3) is 0 Å². The molecule has 0 unspecified atom stereocenters. The van der Waals surface area contributed by atoms with Gasteiger partial charge in [0.2, 0.25) is 5.91 Å². The van der Waals surface area contributed by atoms with Gasteiger partial charge in [0, 0.05) is 24.8 Å². The lowest BCUT2D eigenvalue weighted by Gasteiger charge is -2.35. The quantitative estimate of drug-likeness (QED) is 0.806. The largest absolute Gasteiger partial charge is 0.324 e. The monoisotopic (exact) mass is 302 g/mol. The number of para-hydroxylation sites is 1. The van der Waals surface area contributed by atoms with E-state index in [-0.39, 0.29) is 30.6 Å². The molecule has 0 bridgehead atoms. The Balaban J connectivity index is 1.52. The Labute approximate surface area is 128 Å². The van der Waals surface area contributed by atoms with Crippen molar-refractivity contribution in [3.8, 4) is 0 Å². The van der Waals surface area contributed by atoms with Crippen LogP contribution >= 0.6 is 0 Å². The van der Waals surface area contributed by atoms with Crippen molar-refractivity contribution in [3.05, 3.63) is 30.3 Å². The molecular formula is C15H18N4O3. The third-order valence-electron chi connectivity index (χ3n) is 4.04. The molecule has 7 nitrogen and oxygen atoms in total. The molecule has 0 saturated carbocycles. The van der Waals surface area contributed by atoms with E-state index in [1.807, 2.05) is 30.3 Å². The average Bonchev–Trinajstić information content (AvgIpc) is 2.87. The van der Waals surface area contributed by atoms with Crippen molar-refractivity contribution in [1.29, 1.82) is 0 Å². The molecule has 0 spiro atoms. The number of benzene rings is 1. The number of rotatable bonds is 2. The van der Waals surface area contributed by atoms with Gasteiger partial charge in [0.15, 0.2) is 0 Å². The predicted molar refractivity (Wildman–Crippen MR) is 80.3 cm³/mol. The molecule has 0 aromatic heterocycles. The van der Waals surface area contributed by atoms with E-state index in [1.54, 1.807) is 9.80 Å². The van der Waals surface area contributed by atoms with Gasteiger partial charge in [0.1, 0.15) is 6.54 Å². The minimum absolute atomic E-state index is 0.0206. The van der Waals surface area contributed by atoms with Crippen molar-refractivity contribution in [1.82, 2.24) is 15.1 Å². The first-order chi connectivity index (χ1) is 10.6. The number of anilines is 1. The third kappa shape index (κ3) is 3.03. The van der Waals surface area contributed by atoms with Crippen LogP contribution in [0, 0.1) is 0 Å². The van der Waals surface area contributed by atoms with Crippen molar-refractivity contribution in [2.24, 2.45) is 0 Å². The number of piperidine rings is 1. The van der Waals surface area contributed by atoms with Crippen LogP contribution in [0.25, 0.3) is 0 Å². The van der Waals surface area contributed by atoms with Gasteiger partial charge >= 0.3 is 12.1 Å². The van der Waals surface area contributed by atoms with Crippen LogP contribution in [0.2, 0.25) is 0 Å². The number of nitrogens with one attached hydrogen (secondary N) is 2. The van der Waals surface area contributed by atoms with E-state index in [0.29, 0.717) is 25.9 Å². The Hall–Kier alpha value is -2.57. The predicted octanol–water partition coefficient (Wildman–Crippen LogP) is 1.23. The van der Waals surface area contributed by atoms with Crippen LogP contribution in [0.3, 0.4) is 0 Å². The number of imide groups is 1. The Morgan fingerprint density at radius 2 is 1.82 bits per heavy atom. The third-order valence-corrected chi connectivity index (χ3v) is 4.04. The second-order valence-corrected chi connectivity index (χ2v) is 5.50. The second kappa shape index (κ2) is 6.05. The van der Waals surface area contributed by atoms with Crippen LogP contribution in [-0.2, 0) is 4.79 Å². The van der Waals surface area contributed by atoms with E-state index < -0.39 is 0 Å². The molecule has 1 aromatic carbocycles. The summed E-state index contributed by atoms with van der Waals surface area (Å²) in [7, 11) is 0. The van der Waals surface area contributed by atoms with Gasteiger partial charge in [-0.05, 0) is 25.0 Å². The molecule has 2 saturated heterocycles. The number of carbonyl (C=O) groups is 3. The van der Waals surface area contributed by atoms with Crippen LogP contribution in [0.15, 0.2) is 30.3 Å². The van der Waals surface area contributed by atoms with Crippen molar-refractivity contribution in [3.63, 3.8) is 0 Å². The zero-order valence-corrected chi connectivity index (χ0v) is 12.1. The number of hydrogen-bond acceptors (Lipinski definition) is 3. The fraction of sp³-hybridized carbons (Fsp3) is 0.400. The molecule has 116 valence electrons. The van der Waals surface area contributed by atoms with Crippen molar-refractivity contribution < 1.29 is 14.4 Å². The van der Waals surface area contributed by atoms with Gasteiger partial charge in [-0.3, -0.25) is 10.1 Å². The molecule has 0 atom stereocenters. The molecule has 2 N–H and O–H groups in total. The van der Waals surface area contributed by atoms with E-state index in [2.05, 4.69) is 10.6 Å². The van der Waals surface area contributed by atoms with Crippen molar-refractivity contribution >= 4 is 23.7 Å². The number of amides is 5. The molecule has 2 aliphatic rings. The van der Waals surface area contributed by atoms with Crippen molar-refractivity contribution in [2.45, 2.75) is 18.9 Å². The summed E-state index contributed by atoms with van der Waals surface area (Å²) in [4.78, 5) is 38.4. The van der Waals surface area contributed by atoms with Gasteiger partial charge < -0.3 is 15.1 Å². The zero-order valence-electron chi connectivity index (χ0n) is 12.1. The lowest BCUT2D eigenvalue weighted by atomic mass is 10.0. The highest BCUT2D eigenvalue weighted by Gasteiger charge is 2.35. The Morgan fingerprint density at radius 1 is 1.14 bits per heavy atom. The normalized spacial score (nSPS) is 19.3. The first kappa shape index (κ1) is 14.4. The van der Waals surface area contributed by atoms with E-state index in [9.17, 15) is 14.4 Å². The van der Waals surface area contributed by atoms with Gasteiger partial charge in [-0.2, -0.15) is 0 Å². The number of carbonyl (C=O) groups excluding carboxylic acids is 3. The van der Waals surface area contributed by atoms with Gasteiger partial charge in [-0.25, -0.2) is 9.59 Å². The maximum Gasteiger partial charge on any atom is 0.324 e. The van der Waals surface area contributed by atoms with Crippen molar-refractivity contribution in [2.75, 3.05) is 25.0 Å². The summed E-state index contributed by atoms with van der Waals surface area (Å²) in [6.45, 7) is 1.27. The average molecular weight is 302 g/mol. The van der Waals surface area contributed by atoms with Crippen LogP contribution in [0.4, 0.5) is 15.3 Å². The molecule has 1 aromatic rings. The summed E-state index contributed by atoms with van der Waals surface area (Å²) in [5.74, 6) is -0.255. The van der Waals surface area contributed by atoms with E-state index >= 15 is 0 Å². The highest BCUT2D eigenvalue weighted by molar-refractivity contribution is 6.02. The van der Waals surface area contributed by atoms with E-state index in [1.165, 1.54) is 0 Å². The summed E-state index contributed by atoms with van der Waals surface area (Å²) in [6.07, 6.45) is 1.37. The molecule has 7 heteroatoms. The standard InChI is InChI=1S/C15H18N4O3/c20-13-10-19(15(22)17-13)12-6-8-18(9-7-12)14(21)16-11-4-2-1-3-5-11/h1-5,12H,6-10H2,(H,16,21)(H,17,20,22). The van der Waals surface area contributed by atoms with Crippen LogP contribution < -0.4 is 10.6 Å². The Kier molecular flexibility index (Phi) is 3.95. The zero-order chi connectivity index (χ0) is 15.5. The highest BCUT2D eigenvalue weighted by atomic mass is 16.2. The topological polar surface area (TPSA) is 81.8 Å². The molecule has 2 heterocycles. The second-order valence-electron chi connectivity index (χ2n) is 5.50. The molecule has 3 rings (SSSR count). The Morgan fingerprint density at radius 3 is 2.41 bits per heavy atom. The molecule has 0 aliphatic carbocycles. The van der Waals surface area contributed by atoms with Gasteiger partial charge in [0.05, 0.1) is 0 Å². The Bertz CT molecular complexity index is 582. The first-order valence-electron chi connectivity index (χ1n) is 7.35. The van der Waals surface area contributed by atoms with Gasteiger partial charge in [-0.1, -0.05) is 18.2 Å².